The van der Waals surface area contributed by atoms with Gasteiger partial charge in [-0.1, -0.05) is 15.9 Å². The van der Waals surface area contributed by atoms with Gasteiger partial charge < -0.3 is 9.84 Å². The maximum Gasteiger partial charge on any atom is 0.243 e. The molecule has 0 saturated carbocycles. The molecule has 0 radical (unpaired) electrons. The van der Waals surface area contributed by atoms with Crippen LogP contribution >= 0.6 is 15.9 Å². The van der Waals surface area contributed by atoms with Gasteiger partial charge in [-0.3, -0.25) is 0 Å². The molecule has 0 aromatic heterocycles. The molecular weight excluding hydrogens is 358 g/mol. The summed E-state index contributed by atoms with van der Waals surface area (Å²) in [4.78, 5) is 0.331. The number of sulfonamides is 1. The molecule has 2 rings (SSSR count). The Hall–Kier alpha value is -0.470. The molecule has 1 fully saturated rings. The minimum absolute atomic E-state index is 0.00329. The van der Waals surface area contributed by atoms with Crippen molar-refractivity contribution in [1.29, 1.82) is 0 Å². The predicted molar refractivity (Wildman–Crippen MR) is 83.7 cm³/mol. The molecule has 0 spiro atoms. The highest BCUT2D eigenvalue weighted by Gasteiger charge is 2.29. The monoisotopic (exact) mass is 377 g/mol. The van der Waals surface area contributed by atoms with Crippen LogP contribution in [-0.4, -0.2) is 50.2 Å². The second kappa shape index (κ2) is 7.19. The molecule has 0 unspecified atom stereocenters. The van der Waals surface area contributed by atoms with Crippen molar-refractivity contribution >= 4 is 26.0 Å². The van der Waals surface area contributed by atoms with E-state index in [0.29, 0.717) is 37.4 Å². The van der Waals surface area contributed by atoms with Crippen LogP contribution < -0.4 is 0 Å². The van der Waals surface area contributed by atoms with Gasteiger partial charge >= 0.3 is 0 Å². The normalized spacial score (nSPS) is 18.0. The first kappa shape index (κ1) is 16.9. The molecule has 1 aromatic rings. The Balaban J connectivity index is 2.06. The summed E-state index contributed by atoms with van der Waals surface area (Å²) in [5.41, 5.74) is 0.900. The Morgan fingerprint density at radius 1 is 1.38 bits per heavy atom. The third kappa shape index (κ3) is 4.04. The van der Waals surface area contributed by atoms with E-state index in [9.17, 15) is 8.42 Å². The summed E-state index contributed by atoms with van der Waals surface area (Å²) < 4.78 is 33.1. The smallest absolute Gasteiger partial charge is 0.243 e. The highest BCUT2D eigenvalue weighted by atomic mass is 79.9. The van der Waals surface area contributed by atoms with Crippen molar-refractivity contribution in [2.45, 2.75) is 30.8 Å². The number of rotatable bonds is 5. The highest BCUT2D eigenvalue weighted by Crippen LogP contribution is 2.25. The summed E-state index contributed by atoms with van der Waals surface area (Å²) in [6, 6.07) is 5.08. The number of hydrogen-bond acceptors (Lipinski definition) is 4. The van der Waals surface area contributed by atoms with Crippen LogP contribution in [0.1, 0.15) is 18.4 Å². The van der Waals surface area contributed by atoms with Gasteiger partial charge in [0.05, 0.1) is 24.2 Å². The van der Waals surface area contributed by atoms with Crippen LogP contribution in [0.3, 0.4) is 0 Å². The fourth-order valence-corrected chi connectivity index (χ4v) is 4.19. The molecule has 1 aliphatic heterocycles. The van der Waals surface area contributed by atoms with Crippen LogP contribution in [0, 0.1) is 6.92 Å². The van der Waals surface area contributed by atoms with Gasteiger partial charge in [-0.2, -0.15) is 4.31 Å². The van der Waals surface area contributed by atoms with Crippen LogP contribution in [0.5, 0.6) is 0 Å². The molecule has 1 N–H and O–H groups in total. The summed E-state index contributed by atoms with van der Waals surface area (Å²) >= 11 is 3.38. The molecule has 1 heterocycles. The number of aryl methyl sites for hydroxylation is 1. The van der Waals surface area contributed by atoms with Gasteiger partial charge in [-0.05, 0) is 43.5 Å². The van der Waals surface area contributed by atoms with E-state index in [-0.39, 0.29) is 12.7 Å². The number of ether oxygens (including phenoxy) is 1. The number of benzene rings is 1. The molecule has 0 amide bonds. The van der Waals surface area contributed by atoms with Gasteiger partial charge in [0.2, 0.25) is 10.0 Å². The van der Waals surface area contributed by atoms with E-state index in [2.05, 4.69) is 15.9 Å². The second-order valence-electron chi connectivity index (χ2n) is 5.11. The van der Waals surface area contributed by atoms with E-state index in [1.54, 1.807) is 18.2 Å². The lowest BCUT2D eigenvalue weighted by Gasteiger charge is -2.31. The number of hydrogen-bond donors (Lipinski definition) is 1. The van der Waals surface area contributed by atoms with Gasteiger partial charge in [0.25, 0.3) is 0 Å². The number of aliphatic hydroxyl groups is 1. The SMILES string of the molecule is Cc1cc(S(=O)(=O)N2CCC(OCCO)CC2)ccc1Br. The van der Waals surface area contributed by atoms with Gasteiger partial charge in [0, 0.05) is 17.6 Å². The summed E-state index contributed by atoms with van der Waals surface area (Å²) in [5.74, 6) is 0. The zero-order chi connectivity index (χ0) is 15.5. The Kier molecular flexibility index (Phi) is 5.79. The zero-order valence-electron chi connectivity index (χ0n) is 12.0. The number of nitrogens with zero attached hydrogens (tertiary/aromatic N) is 1. The van der Waals surface area contributed by atoms with E-state index in [0.717, 1.165) is 10.0 Å². The highest BCUT2D eigenvalue weighted by molar-refractivity contribution is 9.10. The summed E-state index contributed by atoms with van der Waals surface area (Å²) in [6.45, 7) is 3.08. The Bertz CT molecular complexity index is 583. The van der Waals surface area contributed by atoms with Crippen molar-refractivity contribution in [2.24, 2.45) is 0 Å². The molecule has 0 bridgehead atoms. The summed E-state index contributed by atoms with van der Waals surface area (Å²) in [5, 5.41) is 8.74. The first-order valence-electron chi connectivity index (χ1n) is 6.94. The molecule has 1 aliphatic rings. The molecule has 21 heavy (non-hydrogen) atoms. The number of piperidine rings is 1. The van der Waals surface area contributed by atoms with E-state index >= 15 is 0 Å². The van der Waals surface area contributed by atoms with Crippen LogP contribution in [0.15, 0.2) is 27.6 Å². The van der Waals surface area contributed by atoms with Crippen LogP contribution in [-0.2, 0) is 14.8 Å². The maximum atomic E-state index is 12.6. The van der Waals surface area contributed by atoms with Crippen molar-refractivity contribution in [2.75, 3.05) is 26.3 Å². The zero-order valence-corrected chi connectivity index (χ0v) is 14.4. The summed E-state index contributed by atoms with van der Waals surface area (Å²) in [6.07, 6.45) is 1.36. The Morgan fingerprint density at radius 3 is 2.62 bits per heavy atom. The molecule has 1 saturated heterocycles. The third-order valence-electron chi connectivity index (χ3n) is 3.61. The Morgan fingerprint density at radius 2 is 2.05 bits per heavy atom. The average molecular weight is 378 g/mol. The number of halogens is 1. The van der Waals surface area contributed by atoms with E-state index < -0.39 is 10.0 Å². The van der Waals surface area contributed by atoms with Crippen LogP contribution in [0.2, 0.25) is 0 Å². The largest absolute Gasteiger partial charge is 0.394 e. The van der Waals surface area contributed by atoms with Crippen molar-refractivity contribution in [3.63, 3.8) is 0 Å². The topological polar surface area (TPSA) is 66.8 Å². The molecule has 1 aromatic carbocycles. The lowest BCUT2D eigenvalue weighted by atomic mass is 10.1. The van der Waals surface area contributed by atoms with Crippen LogP contribution in [0.4, 0.5) is 0 Å². The second-order valence-corrected chi connectivity index (χ2v) is 7.90. The fraction of sp³-hybridized carbons (Fsp3) is 0.571. The van der Waals surface area contributed by atoms with Gasteiger partial charge in [0.1, 0.15) is 0 Å². The quantitative estimate of drug-likeness (QED) is 0.850. The molecule has 0 atom stereocenters. The first-order chi connectivity index (χ1) is 9.95. The molecule has 0 aliphatic carbocycles. The first-order valence-corrected chi connectivity index (χ1v) is 9.17. The number of aliphatic hydroxyl groups excluding tert-OH is 1. The van der Waals surface area contributed by atoms with Gasteiger partial charge in [-0.15, -0.1) is 0 Å². The van der Waals surface area contributed by atoms with E-state index in [1.807, 2.05) is 6.92 Å². The van der Waals surface area contributed by atoms with Crippen molar-refractivity contribution < 1.29 is 18.3 Å². The molecule has 118 valence electrons. The fourth-order valence-electron chi connectivity index (χ4n) is 2.39. The standard InChI is InChI=1S/C14H20BrNO4S/c1-11-10-13(2-3-14(11)15)21(18,19)16-6-4-12(5-7-16)20-9-8-17/h2-3,10,12,17H,4-9H2,1H3. The van der Waals surface area contributed by atoms with Gasteiger partial charge in [-0.25, -0.2) is 8.42 Å². The lowest BCUT2D eigenvalue weighted by Crippen LogP contribution is -2.41. The Labute approximate surface area is 134 Å². The third-order valence-corrected chi connectivity index (χ3v) is 6.40. The van der Waals surface area contributed by atoms with Gasteiger partial charge in [0.15, 0.2) is 0 Å². The minimum atomic E-state index is -3.44. The predicted octanol–water partition coefficient (Wildman–Crippen LogP) is 1.92. The van der Waals surface area contributed by atoms with E-state index in [4.69, 9.17) is 9.84 Å². The van der Waals surface area contributed by atoms with Crippen molar-refractivity contribution in [3.8, 4) is 0 Å². The maximum absolute atomic E-state index is 12.6. The molecule has 7 heteroatoms. The van der Waals surface area contributed by atoms with Crippen molar-refractivity contribution in [1.82, 2.24) is 4.31 Å². The average Bonchev–Trinajstić information content (AvgIpc) is 2.48. The lowest BCUT2D eigenvalue weighted by molar-refractivity contribution is 0.00318. The van der Waals surface area contributed by atoms with Crippen LogP contribution in [0.25, 0.3) is 0 Å². The van der Waals surface area contributed by atoms with Crippen molar-refractivity contribution in [3.05, 3.63) is 28.2 Å². The van der Waals surface area contributed by atoms with E-state index in [1.165, 1.54) is 4.31 Å². The minimum Gasteiger partial charge on any atom is -0.394 e. The molecule has 5 nitrogen and oxygen atoms in total. The summed E-state index contributed by atoms with van der Waals surface area (Å²) in [7, 11) is -3.44. The molecular formula is C14H20BrNO4S.